The summed E-state index contributed by atoms with van der Waals surface area (Å²) >= 11 is 1.51. The third kappa shape index (κ3) is 3.25. The number of fused-ring (bicyclic) bond motifs is 1. The van der Waals surface area contributed by atoms with Crippen LogP contribution >= 0.6 is 11.8 Å². The predicted molar refractivity (Wildman–Crippen MR) is 95.6 cm³/mol. The van der Waals surface area contributed by atoms with Gasteiger partial charge < -0.3 is 15.1 Å². The zero-order chi connectivity index (χ0) is 17.6. The van der Waals surface area contributed by atoms with E-state index in [4.69, 9.17) is 0 Å². The van der Waals surface area contributed by atoms with Crippen molar-refractivity contribution >= 4 is 35.2 Å². The highest BCUT2D eigenvalue weighted by molar-refractivity contribution is 8.00. The van der Waals surface area contributed by atoms with Crippen molar-refractivity contribution in [1.29, 1.82) is 0 Å². The standard InChI is InChI=1S/C18H21N3O3S/c1-11-16(22)19-14-10-13(4-5-15(14)25-11)18(24)21-8-6-20(7-9-21)17(23)12-2-3-12/h4-5,10-12H,2-3,6-9H2,1H3,(H,19,22). The smallest absolute Gasteiger partial charge is 0.254 e. The van der Waals surface area contributed by atoms with E-state index in [0.717, 1.165) is 17.7 Å². The molecule has 1 N–H and O–H groups in total. The predicted octanol–water partition coefficient (Wildman–Crippen LogP) is 1.81. The van der Waals surface area contributed by atoms with Crippen LogP contribution in [0.4, 0.5) is 5.69 Å². The quantitative estimate of drug-likeness (QED) is 0.874. The molecule has 1 saturated heterocycles. The molecule has 1 saturated carbocycles. The molecule has 0 spiro atoms. The summed E-state index contributed by atoms with van der Waals surface area (Å²) in [6.07, 6.45) is 2.02. The number of carbonyl (C=O) groups excluding carboxylic acids is 3. The summed E-state index contributed by atoms with van der Waals surface area (Å²) in [6, 6.07) is 5.48. The third-order valence-corrected chi connectivity index (χ3v) is 6.14. The lowest BCUT2D eigenvalue weighted by molar-refractivity contribution is -0.134. The number of nitrogens with zero attached hydrogens (tertiary/aromatic N) is 2. The molecule has 4 rings (SSSR count). The molecule has 0 bridgehead atoms. The van der Waals surface area contributed by atoms with Crippen molar-refractivity contribution in [3.05, 3.63) is 23.8 Å². The molecule has 132 valence electrons. The van der Waals surface area contributed by atoms with Gasteiger partial charge in [-0.2, -0.15) is 0 Å². The SMILES string of the molecule is CC1Sc2ccc(C(=O)N3CCN(C(=O)C4CC4)CC3)cc2NC1=O. The van der Waals surface area contributed by atoms with Gasteiger partial charge in [0, 0.05) is 42.6 Å². The van der Waals surface area contributed by atoms with Crippen LogP contribution in [-0.2, 0) is 9.59 Å². The Morgan fingerprint density at radius 2 is 1.80 bits per heavy atom. The fraction of sp³-hybridized carbons (Fsp3) is 0.500. The number of carbonyl (C=O) groups is 3. The summed E-state index contributed by atoms with van der Waals surface area (Å²) < 4.78 is 0. The van der Waals surface area contributed by atoms with Gasteiger partial charge in [0.25, 0.3) is 5.91 Å². The molecule has 1 aromatic carbocycles. The van der Waals surface area contributed by atoms with Crippen molar-refractivity contribution in [2.75, 3.05) is 31.5 Å². The Kier molecular flexibility index (Phi) is 4.19. The molecule has 6 nitrogen and oxygen atoms in total. The third-order valence-electron chi connectivity index (χ3n) is 4.96. The van der Waals surface area contributed by atoms with Crippen LogP contribution in [0.25, 0.3) is 0 Å². The monoisotopic (exact) mass is 359 g/mol. The topological polar surface area (TPSA) is 69.7 Å². The summed E-state index contributed by atoms with van der Waals surface area (Å²) in [5.41, 5.74) is 1.29. The number of piperazine rings is 1. The van der Waals surface area contributed by atoms with Gasteiger partial charge in [-0.05, 0) is 38.0 Å². The lowest BCUT2D eigenvalue weighted by Gasteiger charge is -2.35. The van der Waals surface area contributed by atoms with Gasteiger partial charge >= 0.3 is 0 Å². The Labute approximate surface area is 150 Å². The molecular weight excluding hydrogens is 338 g/mol. The second-order valence-corrected chi connectivity index (χ2v) is 8.23. The van der Waals surface area contributed by atoms with Crippen LogP contribution in [0.15, 0.2) is 23.1 Å². The van der Waals surface area contributed by atoms with Gasteiger partial charge in [-0.3, -0.25) is 14.4 Å². The zero-order valence-electron chi connectivity index (χ0n) is 14.2. The van der Waals surface area contributed by atoms with Gasteiger partial charge in [-0.25, -0.2) is 0 Å². The van der Waals surface area contributed by atoms with E-state index in [1.165, 1.54) is 11.8 Å². The summed E-state index contributed by atoms with van der Waals surface area (Å²) in [7, 11) is 0. The fourth-order valence-corrected chi connectivity index (χ4v) is 4.17. The van der Waals surface area contributed by atoms with Crippen molar-refractivity contribution < 1.29 is 14.4 Å². The number of nitrogens with one attached hydrogen (secondary N) is 1. The van der Waals surface area contributed by atoms with Crippen LogP contribution in [0.2, 0.25) is 0 Å². The normalized spacial score (nSPS) is 23.1. The van der Waals surface area contributed by atoms with Gasteiger partial charge in [0.15, 0.2) is 0 Å². The van der Waals surface area contributed by atoms with Crippen molar-refractivity contribution in [2.24, 2.45) is 5.92 Å². The first-order chi connectivity index (χ1) is 12.0. The molecular formula is C18H21N3O3S. The maximum absolute atomic E-state index is 12.8. The maximum Gasteiger partial charge on any atom is 0.254 e. The lowest BCUT2D eigenvalue weighted by Crippen LogP contribution is -2.51. The van der Waals surface area contributed by atoms with Crippen molar-refractivity contribution in [1.82, 2.24) is 9.80 Å². The number of amides is 3. The molecule has 0 aromatic heterocycles. The van der Waals surface area contributed by atoms with Gasteiger partial charge in [0.1, 0.15) is 0 Å². The van der Waals surface area contributed by atoms with Crippen LogP contribution in [-0.4, -0.2) is 59.0 Å². The van der Waals surface area contributed by atoms with E-state index in [9.17, 15) is 14.4 Å². The van der Waals surface area contributed by atoms with Gasteiger partial charge in [0.05, 0.1) is 10.9 Å². The number of benzene rings is 1. The number of hydrogen-bond donors (Lipinski definition) is 1. The number of anilines is 1. The van der Waals surface area contributed by atoms with Gasteiger partial charge in [0.2, 0.25) is 11.8 Å². The molecule has 1 aromatic rings. The molecule has 3 aliphatic rings. The molecule has 2 heterocycles. The fourth-order valence-electron chi connectivity index (χ4n) is 3.24. The molecule has 7 heteroatoms. The van der Waals surface area contributed by atoms with E-state index < -0.39 is 0 Å². The number of hydrogen-bond acceptors (Lipinski definition) is 4. The van der Waals surface area contributed by atoms with E-state index >= 15 is 0 Å². The largest absolute Gasteiger partial charge is 0.339 e. The van der Waals surface area contributed by atoms with E-state index in [0.29, 0.717) is 37.4 Å². The molecule has 0 radical (unpaired) electrons. The molecule has 2 fully saturated rings. The summed E-state index contributed by atoms with van der Waals surface area (Å²) in [6.45, 7) is 4.20. The average molecular weight is 359 g/mol. The Bertz CT molecular complexity index is 739. The Hall–Kier alpha value is -2.02. The lowest BCUT2D eigenvalue weighted by atomic mass is 10.1. The minimum absolute atomic E-state index is 0.0331. The molecule has 2 aliphatic heterocycles. The van der Waals surface area contributed by atoms with Crippen LogP contribution in [0.3, 0.4) is 0 Å². The minimum atomic E-state index is -0.119. The average Bonchev–Trinajstić information content (AvgIpc) is 3.46. The second kappa shape index (κ2) is 6.37. The summed E-state index contributed by atoms with van der Waals surface area (Å²) in [5.74, 6) is 0.398. The molecule has 25 heavy (non-hydrogen) atoms. The highest BCUT2D eigenvalue weighted by atomic mass is 32.2. The minimum Gasteiger partial charge on any atom is -0.339 e. The van der Waals surface area contributed by atoms with Crippen LogP contribution in [0, 0.1) is 5.92 Å². The van der Waals surface area contributed by atoms with Crippen molar-refractivity contribution in [3.63, 3.8) is 0 Å². The van der Waals surface area contributed by atoms with Crippen molar-refractivity contribution in [2.45, 2.75) is 29.9 Å². The molecule has 1 atom stereocenters. The van der Waals surface area contributed by atoms with E-state index in [1.54, 1.807) is 11.0 Å². The van der Waals surface area contributed by atoms with E-state index in [-0.39, 0.29) is 28.9 Å². The first-order valence-electron chi connectivity index (χ1n) is 8.72. The first kappa shape index (κ1) is 16.4. The van der Waals surface area contributed by atoms with Crippen LogP contribution < -0.4 is 5.32 Å². The van der Waals surface area contributed by atoms with Crippen LogP contribution in [0.1, 0.15) is 30.1 Å². The Morgan fingerprint density at radius 3 is 2.48 bits per heavy atom. The van der Waals surface area contributed by atoms with E-state index in [1.807, 2.05) is 24.0 Å². The highest BCUT2D eigenvalue weighted by Crippen LogP contribution is 2.36. The van der Waals surface area contributed by atoms with Gasteiger partial charge in [-0.15, -0.1) is 11.8 Å². The second-order valence-electron chi connectivity index (χ2n) is 6.85. The summed E-state index contributed by atoms with van der Waals surface area (Å²) in [5, 5.41) is 2.75. The molecule has 3 amide bonds. The zero-order valence-corrected chi connectivity index (χ0v) is 15.0. The van der Waals surface area contributed by atoms with Gasteiger partial charge in [-0.1, -0.05) is 0 Å². The molecule has 1 aliphatic carbocycles. The highest BCUT2D eigenvalue weighted by Gasteiger charge is 2.35. The van der Waals surface area contributed by atoms with Crippen LogP contribution in [0.5, 0.6) is 0 Å². The number of rotatable bonds is 2. The summed E-state index contributed by atoms with van der Waals surface area (Å²) in [4.78, 5) is 41.4. The molecule has 1 unspecified atom stereocenters. The maximum atomic E-state index is 12.8. The first-order valence-corrected chi connectivity index (χ1v) is 9.60. The Morgan fingerprint density at radius 1 is 1.12 bits per heavy atom. The van der Waals surface area contributed by atoms with E-state index in [2.05, 4.69) is 5.32 Å². The number of thioether (sulfide) groups is 1. The van der Waals surface area contributed by atoms with Crippen molar-refractivity contribution in [3.8, 4) is 0 Å². The Balaban J connectivity index is 1.42.